The second-order valence-electron chi connectivity index (χ2n) is 12.2. The number of carbonyl (C=O) groups excluding carboxylic acids is 1. The van der Waals surface area contributed by atoms with Gasteiger partial charge in [-0.05, 0) is 51.4 Å². The SMILES string of the molecule is C[C@H]1CC[C@]2(O)C(C1=O)[C@H](C(C)(C)O[C@@H]1O[C@H](CO[C@@H]3O[C@@H](CO)[C@H](O)[C@H]3O)[C@@H](O)[C@H](O)[C@H]1O)CC[C@@H]2C. The van der Waals surface area contributed by atoms with E-state index in [4.69, 9.17) is 18.9 Å². The zero-order chi connectivity index (χ0) is 28.2. The minimum Gasteiger partial charge on any atom is -0.394 e. The Labute approximate surface area is 222 Å². The monoisotopic (exact) mass is 548 g/mol. The Morgan fingerprint density at radius 3 is 2.13 bits per heavy atom. The molecule has 0 aromatic heterocycles. The van der Waals surface area contributed by atoms with Crippen LogP contribution in [-0.4, -0.2) is 121 Å². The lowest BCUT2D eigenvalue weighted by molar-refractivity contribution is -0.339. The molecule has 0 bridgehead atoms. The Hall–Kier alpha value is -0.770. The van der Waals surface area contributed by atoms with E-state index in [0.717, 1.165) is 0 Å². The Bertz CT molecular complexity index is 839. The zero-order valence-electron chi connectivity index (χ0n) is 22.4. The van der Waals surface area contributed by atoms with Gasteiger partial charge >= 0.3 is 0 Å². The van der Waals surface area contributed by atoms with E-state index in [-0.39, 0.29) is 23.5 Å². The third-order valence-electron chi connectivity index (χ3n) is 9.38. The number of fused-ring (bicyclic) bond motifs is 1. The summed E-state index contributed by atoms with van der Waals surface area (Å²) in [7, 11) is 0. The zero-order valence-corrected chi connectivity index (χ0v) is 22.4. The summed E-state index contributed by atoms with van der Waals surface area (Å²) in [5.74, 6) is -1.27. The number of ether oxygens (including phenoxy) is 4. The molecule has 4 rings (SSSR count). The van der Waals surface area contributed by atoms with Crippen LogP contribution in [0.5, 0.6) is 0 Å². The third-order valence-corrected chi connectivity index (χ3v) is 9.38. The summed E-state index contributed by atoms with van der Waals surface area (Å²) in [4.78, 5) is 13.3. The molecule has 2 saturated heterocycles. The van der Waals surface area contributed by atoms with E-state index in [1.165, 1.54) is 0 Å². The van der Waals surface area contributed by atoms with Gasteiger partial charge in [-0.15, -0.1) is 0 Å². The fraction of sp³-hybridized carbons (Fsp3) is 0.962. The Balaban J connectivity index is 1.47. The molecule has 0 amide bonds. The second kappa shape index (κ2) is 11.2. The fourth-order valence-corrected chi connectivity index (χ4v) is 6.72. The molecule has 38 heavy (non-hydrogen) atoms. The van der Waals surface area contributed by atoms with Crippen LogP contribution >= 0.6 is 0 Å². The van der Waals surface area contributed by atoms with Crippen molar-refractivity contribution in [2.75, 3.05) is 13.2 Å². The summed E-state index contributed by atoms with van der Waals surface area (Å²) in [6.45, 7) is 6.43. The first kappa shape index (κ1) is 30.2. The maximum absolute atomic E-state index is 13.3. The summed E-state index contributed by atoms with van der Waals surface area (Å²) >= 11 is 0. The summed E-state index contributed by atoms with van der Waals surface area (Å²) in [5, 5.41) is 72.6. The number of carbonyl (C=O) groups is 1. The van der Waals surface area contributed by atoms with E-state index >= 15 is 0 Å². The number of Topliss-reactive ketones (excluding diaryl/α,β-unsaturated/α-hetero) is 1. The van der Waals surface area contributed by atoms with Gasteiger partial charge in [0.1, 0.15) is 48.5 Å². The van der Waals surface area contributed by atoms with Crippen molar-refractivity contribution in [3.63, 3.8) is 0 Å². The van der Waals surface area contributed by atoms with E-state index < -0.39 is 85.6 Å². The van der Waals surface area contributed by atoms with Crippen molar-refractivity contribution in [1.29, 1.82) is 0 Å². The maximum Gasteiger partial charge on any atom is 0.187 e. The number of aliphatic hydroxyl groups is 7. The van der Waals surface area contributed by atoms with Crippen molar-refractivity contribution in [1.82, 2.24) is 0 Å². The first-order valence-electron chi connectivity index (χ1n) is 13.6. The molecule has 0 radical (unpaired) electrons. The molecule has 2 aliphatic heterocycles. The third kappa shape index (κ3) is 5.30. The van der Waals surface area contributed by atoms with Gasteiger partial charge < -0.3 is 54.7 Å². The second-order valence-corrected chi connectivity index (χ2v) is 12.2. The van der Waals surface area contributed by atoms with E-state index in [0.29, 0.717) is 25.7 Å². The molecule has 14 atom stereocenters. The fourth-order valence-electron chi connectivity index (χ4n) is 6.72. The first-order valence-corrected chi connectivity index (χ1v) is 13.6. The molecule has 220 valence electrons. The van der Waals surface area contributed by atoms with Crippen LogP contribution < -0.4 is 0 Å². The van der Waals surface area contributed by atoms with E-state index in [9.17, 15) is 40.5 Å². The molecule has 2 heterocycles. The predicted octanol–water partition coefficient (Wildman–Crippen LogP) is -1.56. The molecule has 2 saturated carbocycles. The average molecular weight is 549 g/mol. The van der Waals surface area contributed by atoms with Crippen molar-refractivity contribution in [3.8, 4) is 0 Å². The van der Waals surface area contributed by atoms with E-state index in [1.54, 1.807) is 13.8 Å². The van der Waals surface area contributed by atoms with Crippen molar-refractivity contribution < 1.29 is 59.5 Å². The van der Waals surface area contributed by atoms with Crippen molar-refractivity contribution in [3.05, 3.63) is 0 Å². The molecule has 0 spiro atoms. The van der Waals surface area contributed by atoms with Crippen LogP contribution in [0.1, 0.15) is 53.4 Å². The number of rotatable bonds is 7. The van der Waals surface area contributed by atoms with Gasteiger partial charge in [0, 0.05) is 5.92 Å². The van der Waals surface area contributed by atoms with Gasteiger partial charge in [0.05, 0.1) is 30.3 Å². The summed E-state index contributed by atoms with van der Waals surface area (Å²) in [5.41, 5.74) is -2.21. The average Bonchev–Trinajstić information content (AvgIpc) is 3.15. The van der Waals surface area contributed by atoms with Gasteiger partial charge in [-0.25, -0.2) is 0 Å². The molecular formula is C26H44O12. The van der Waals surface area contributed by atoms with Crippen LogP contribution in [0.25, 0.3) is 0 Å². The smallest absolute Gasteiger partial charge is 0.187 e. The maximum atomic E-state index is 13.3. The number of aliphatic hydroxyl groups excluding tert-OH is 6. The standard InChI is InChI=1S/C26H44O12/c1-11-7-8-26(34)12(2)5-6-13(16(26)17(11)28)25(3,4)38-24-22(33)20(31)19(30)15(37-24)10-35-23-21(32)18(29)14(9-27)36-23/h11-16,18-24,27,29-34H,5-10H2,1-4H3/t11-,12-,13+,14-,15+,16?,18-,19+,20-,21+,22+,23+,24-,26+/m0/s1. The number of hydrogen-bond acceptors (Lipinski definition) is 12. The van der Waals surface area contributed by atoms with Crippen LogP contribution in [0.4, 0.5) is 0 Å². The predicted molar refractivity (Wildman–Crippen MR) is 129 cm³/mol. The molecule has 4 fully saturated rings. The number of ketones is 1. The van der Waals surface area contributed by atoms with Gasteiger partial charge in [0.25, 0.3) is 0 Å². The summed E-state index contributed by atoms with van der Waals surface area (Å²) < 4.78 is 22.8. The minimum atomic E-state index is -1.65. The molecule has 1 unspecified atom stereocenters. The van der Waals surface area contributed by atoms with Crippen LogP contribution in [-0.2, 0) is 23.7 Å². The van der Waals surface area contributed by atoms with E-state index in [1.807, 2.05) is 13.8 Å². The Morgan fingerprint density at radius 2 is 1.50 bits per heavy atom. The van der Waals surface area contributed by atoms with Crippen LogP contribution in [0.3, 0.4) is 0 Å². The van der Waals surface area contributed by atoms with Crippen LogP contribution in [0.2, 0.25) is 0 Å². The molecular weight excluding hydrogens is 504 g/mol. The highest BCUT2D eigenvalue weighted by molar-refractivity contribution is 5.85. The highest BCUT2D eigenvalue weighted by Crippen LogP contribution is 2.53. The van der Waals surface area contributed by atoms with Crippen molar-refractivity contribution >= 4 is 5.78 Å². The first-order chi connectivity index (χ1) is 17.7. The van der Waals surface area contributed by atoms with Gasteiger partial charge in [-0.3, -0.25) is 4.79 Å². The topological polar surface area (TPSA) is 196 Å². The molecule has 4 aliphatic rings. The summed E-state index contributed by atoms with van der Waals surface area (Å²) in [6.07, 6.45) is -10.1. The lowest BCUT2D eigenvalue weighted by atomic mass is 9.53. The molecule has 7 N–H and O–H groups in total. The normalized spacial score (nSPS) is 50.2. The quantitative estimate of drug-likeness (QED) is 0.194. The number of hydrogen-bond donors (Lipinski definition) is 7. The van der Waals surface area contributed by atoms with Crippen molar-refractivity contribution in [2.45, 2.75) is 120 Å². The molecule has 12 nitrogen and oxygen atoms in total. The largest absolute Gasteiger partial charge is 0.394 e. The molecule has 12 heteroatoms. The minimum absolute atomic E-state index is 0.00249. The Kier molecular flexibility index (Phi) is 8.94. The van der Waals surface area contributed by atoms with Gasteiger partial charge in [0.2, 0.25) is 0 Å². The lowest BCUT2D eigenvalue weighted by Gasteiger charge is -2.56. The van der Waals surface area contributed by atoms with Gasteiger partial charge in [-0.2, -0.15) is 0 Å². The van der Waals surface area contributed by atoms with Gasteiger partial charge in [0.15, 0.2) is 12.6 Å². The summed E-state index contributed by atoms with van der Waals surface area (Å²) in [6, 6.07) is 0. The highest BCUT2D eigenvalue weighted by atomic mass is 16.7. The van der Waals surface area contributed by atoms with Crippen LogP contribution in [0, 0.1) is 23.7 Å². The van der Waals surface area contributed by atoms with Crippen LogP contribution in [0.15, 0.2) is 0 Å². The highest BCUT2D eigenvalue weighted by Gasteiger charge is 2.59. The molecule has 0 aromatic carbocycles. The van der Waals surface area contributed by atoms with E-state index in [2.05, 4.69) is 0 Å². The van der Waals surface area contributed by atoms with Crippen molar-refractivity contribution in [2.24, 2.45) is 23.7 Å². The lowest BCUT2D eigenvalue weighted by Crippen LogP contribution is -2.64. The Morgan fingerprint density at radius 1 is 0.895 bits per heavy atom. The molecule has 0 aromatic rings. The van der Waals surface area contributed by atoms with Gasteiger partial charge in [-0.1, -0.05) is 13.8 Å². The molecule has 2 aliphatic carbocycles.